The van der Waals surface area contributed by atoms with Gasteiger partial charge in [0.05, 0.1) is 13.7 Å². The van der Waals surface area contributed by atoms with Crippen molar-refractivity contribution < 1.29 is 9.47 Å². The van der Waals surface area contributed by atoms with E-state index in [1.54, 1.807) is 7.11 Å². The molecule has 2 aromatic rings. The van der Waals surface area contributed by atoms with Crippen molar-refractivity contribution in [1.29, 1.82) is 0 Å². The van der Waals surface area contributed by atoms with Crippen LogP contribution in [0.5, 0.6) is 12.0 Å². The van der Waals surface area contributed by atoms with Crippen LogP contribution in [-0.2, 0) is 6.54 Å². The molecule has 138 valence electrons. The summed E-state index contributed by atoms with van der Waals surface area (Å²) in [5.41, 5.74) is 1.47. The highest BCUT2D eigenvalue weighted by atomic mass is 16.5. The van der Waals surface area contributed by atoms with Gasteiger partial charge in [0.1, 0.15) is 0 Å². The van der Waals surface area contributed by atoms with Crippen molar-refractivity contribution in [3.63, 3.8) is 0 Å². The first-order valence-electron chi connectivity index (χ1n) is 9.12. The van der Waals surface area contributed by atoms with Gasteiger partial charge in [-0.2, -0.15) is 15.0 Å². The summed E-state index contributed by atoms with van der Waals surface area (Å²) >= 11 is 0. The quantitative estimate of drug-likeness (QED) is 0.659. The molecule has 0 saturated carbocycles. The highest BCUT2D eigenvalue weighted by Gasteiger charge is 2.19. The smallest absolute Gasteiger partial charge is 0.320 e. The number of nitrogens with one attached hydrogen (secondary N) is 1. The Labute approximate surface area is 148 Å². The molecule has 0 bridgehead atoms. The van der Waals surface area contributed by atoms with E-state index in [-0.39, 0.29) is 0 Å². The lowest BCUT2D eigenvalue weighted by molar-refractivity contribution is 0.176. The van der Waals surface area contributed by atoms with Crippen molar-refractivity contribution in [2.45, 2.75) is 39.2 Å². The number of methoxy groups -OCH3 is 1. The molecular formula is C17H28N6O2. The van der Waals surface area contributed by atoms with E-state index in [9.17, 15) is 0 Å². The monoisotopic (exact) mass is 348 g/mol. The number of hydrogen-bond acceptors (Lipinski definition) is 7. The van der Waals surface area contributed by atoms with Crippen LogP contribution in [0.1, 0.15) is 32.6 Å². The molecule has 3 rings (SSSR count). The Morgan fingerprint density at radius 1 is 1.12 bits per heavy atom. The summed E-state index contributed by atoms with van der Waals surface area (Å²) in [6, 6.07) is 0.951. The third-order valence-electron chi connectivity index (χ3n) is 4.49. The average Bonchev–Trinajstić information content (AvgIpc) is 2.94. The van der Waals surface area contributed by atoms with Crippen LogP contribution >= 0.6 is 0 Å². The minimum absolute atomic E-state index is 0.386. The van der Waals surface area contributed by atoms with Crippen LogP contribution in [-0.4, -0.2) is 64.8 Å². The van der Waals surface area contributed by atoms with Crippen LogP contribution in [0.3, 0.4) is 0 Å². The summed E-state index contributed by atoms with van der Waals surface area (Å²) < 4.78 is 13.2. The number of aromatic nitrogens is 4. The van der Waals surface area contributed by atoms with Gasteiger partial charge in [-0.15, -0.1) is 0 Å². The largest absolute Gasteiger partial charge is 0.468 e. The topological polar surface area (TPSA) is 77.3 Å². The van der Waals surface area contributed by atoms with Crippen LogP contribution < -0.4 is 14.8 Å². The Balaban J connectivity index is 1.84. The maximum atomic E-state index is 5.71. The zero-order chi connectivity index (χ0) is 17.6. The number of likely N-dealkylation sites (tertiary alicyclic amines) is 1. The van der Waals surface area contributed by atoms with Gasteiger partial charge in [-0.3, -0.25) is 4.57 Å². The van der Waals surface area contributed by atoms with E-state index < -0.39 is 0 Å². The maximum absolute atomic E-state index is 5.71. The zero-order valence-corrected chi connectivity index (χ0v) is 15.4. The van der Waals surface area contributed by atoms with Gasteiger partial charge in [-0.25, -0.2) is 0 Å². The van der Waals surface area contributed by atoms with Gasteiger partial charge < -0.3 is 19.7 Å². The highest BCUT2D eigenvalue weighted by molar-refractivity contribution is 5.84. The number of imidazole rings is 1. The Kier molecular flexibility index (Phi) is 5.91. The third kappa shape index (κ3) is 3.95. The molecule has 0 amide bonds. The minimum Gasteiger partial charge on any atom is -0.468 e. The number of fused-ring (bicyclic) bond motifs is 1. The summed E-state index contributed by atoms with van der Waals surface area (Å²) in [6.45, 7) is 7.07. The lowest BCUT2D eigenvalue weighted by Gasteiger charge is -2.30. The molecule has 0 aromatic carbocycles. The second-order valence-corrected chi connectivity index (χ2v) is 6.28. The number of nitrogens with zero attached hydrogens (tertiary/aromatic N) is 5. The second kappa shape index (κ2) is 8.33. The molecule has 0 atom stereocenters. The fourth-order valence-electron chi connectivity index (χ4n) is 2.92. The first kappa shape index (κ1) is 17.7. The summed E-state index contributed by atoms with van der Waals surface area (Å²) in [5.74, 6) is 0.663. The maximum Gasteiger partial charge on any atom is 0.320 e. The molecule has 1 saturated heterocycles. The van der Waals surface area contributed by atoms with Gasteiger partial charge in [0.2, 0.25) is 0 Å². The lowest BCUT2D eigenvalue weighted by atomic mass is 10.2. The van der Waals surface area contributed by atoms with E-state index in [0.29, 0.717) is 30.0 Å². The molecule has 1 aliphatic rings. The van der Waals surface area contributed by atoms with Crippen molar-refractivity contribution in [2.24, 2.45) is 0 Å². The summed E-state index contributed by atoms with van der Waals surface area (Å²) in [5, 5.41) is 3.09. The molecule has 8 heteroatoms. The van der Waals surface area contributed by atoms with Gasteiger partial charge in [-0.1, -0.05) is 13.3 Å². The second-order valence-electron chi connectivity index (χ2n) is 6.28. The molecule has 0 spiro atoms. The first-order valence-corrected chi connectivity index (χ1v) is 9.12. The predicted molar refractivity (Wildman–Crippen MR) is 97.5 cm³/mol. The van der Waals surface area contributed by atoms with E-state index in [0.717, 1.165) is 38.0 Å². The molecule has 0 aliphatic carbocycles. The van der Waals surface area contributed by atoms with E-state index in [2.05, 4.69) is 32.1 Å². The SMILES string of the molecule is CCCCOc1nc(NC)c2nc(OC)n(CCCN3CCC3)c2n1. The van der Waals surface area contributed by atoms with E-state index in [4.69, 9.17) is 9.47 Å². The van der Waals surface area contributed by atoms with Crippen LogP contribution in [0, 0.1) is 0 Å². The molecule has 1 fully saturated rings. The number of hydrogen-bond donors (Lipinski definition) is 1. The Hall–Kier alpha value is -2.09. The number of unbranched alkanes of at least 4 members (excludes halogenated alkanes) is 1. The fraction of sp³-hybridized carbons (Fsp3) is 0.706. The zero-order valence-electron chi connectivity index (χ0n) is 15.4. The van der Waals surface area contributed by atoms with E-state index in [1.165, 1.54) is 19.5 Å². The Morgan fingerprint density at radius 3 is 2.60 bits per heavy atom. The molecule has 25 heavy (non-hydrogen) atoms. The van der Waals surface area contributed by atoms with Crippen molar-refractivity contribution in [1.82, 2.24) is 24.4 Å². The number of ether oxygens (including phenoxy) is 2. The predicted octanol–water partition coefficient (Wildman–Crippen LogP) is 2.15. The molecule has 0 radical (unpaired) electrons. The summed E-state index contributed by atoms with van der Waals surface area (Å²) in [4.78, 5) is 16.0. The Morgan fingerprint density at radius 2 is 1.96 bits per heavy atom. The van der Waals surface area contributed by atoms with Crippen LogP contribution in [0.25, 0.3) is 11.2 Å². The van der Waals surface area contributed by atoms with Gasteiger partial charge in [0.15, 0.2) is 17.0 Å². The van der Waals surface area contributed by atoms with Gasteiger partial charge in [0, 0.05) is 13.6 Å². The number of anilines is 1. The minimum atomic E-state index is 0.386. The standard InChI is InChI=1S/C17H28N6O2/c1-4-5-12-25-16-20-14(18-2)13-15(21-16)23(17(19-13)24-3)11-7-10-22-8-6-9-22/h4-12H2,1-3H3,(H,18,20,21). The van der Waals surface area contributed by atoms with Gasteiger partial charge in [-0.05, 0) is 38.9 Å². The lowest BCUT2D eigenvalue weighted by Crippen LogP contribution is -2.38. The van der Waals surface area contributed by atoms with Crippen molar-refractivity contribution in [3.8, 4) is 12.0 Å². The van der Waals surface area contributed by atoms with E-state index >= 15 is 0 Å². The molecule has 1 N–H and O–H groups in total. The third-order valence-corrected chi connectivity index (χ3v) is 4.49. The number of aryl methyl sites for hydroxylation is 1. The average molecular weight is 348 g/mol. The summed E-state index contributed by atoms with van der Waals surface area (Å²) in [7, 11) is 3.46. The fourth-order valence-corrected chi connectivity index (χ4v) is 2.92. The van der Waals surface area contributed by atoms with Gasteiger partial charge in [0.25, 0.3) is 6.01 Å². The highest BCUT2D eigenvalue weighted by Crippen LogP contribution is 2.27. The van der Waals surface area contributed by atoms with Crippen molar-refractivity contribution in [3.05, 3.63) is 0 Å². The van der Waals surface area contributed by atoms with Crippen molar-refractivity contribution in [2.75, 3.05) is 45.7 Å². The Bertz CT molecular complexity index is 698. The van der Waals surface area contributed by atoms with Crippen LogP contribution in [0.2, 0.25) is 0 Å². The molecule has 8 nitrogen and oxygen atoms in total. The summed E-state index contributed by atoms with van der Waals surface area (Å²) in [6.07, 6.45) is 4.40. The molecule has 1 aliphatic heterocycles. The normalized spacial score (nSPS) is 14.5. The number of rotatable bonds is 10. The van der Waals surface area contributed by atoms with Gasteiger partial charge >= 0.3 is 6.01 Å². The molecule has 3 heterocycles. The van der Waals surface area contributed by atoms with Crippen molar-refractivity contribution >= 4 is 17.0 Å². The first-order chi connectivity index (χ1) is 12.3. The molecule has 0 unspecified atom stereocenters. The molecular weight excluding hydrogens is 320 g/mol. The van der Waals surface area contributed by atoms with Crippen LogP contribution in [0.15, 0.2) is 0 Å². The van der Waals surface area contributed by atoms with Crippen LogP contribution in [0.4, 0.5) is 5.82 Å². The molecule has 2 aromatic heterocycles. The van der Waals surface area contributed by atoms with E-state index in [1.807, 2.05) is 11.6 Å².